The lowest BCUT2D eigenvalue weighted by Crippen LogP contribution is -2.47. The molecule has 1 aromatic rings. The van der Waals surface area contributed by atoms with Crippen LogP contribution in [0.25, 0.3) is 0 Å². The van der Waals surface area contributed by atoms with Crippen LogP contribution in [0.5, 0.6) is 0 Å². The molecule has 1 aliphatic carbocycles. The van der Waals surface area contributed by atoms with Gasteiger partial charge in [0.1, 0.15) is 0 Å². The van der Waals surface area contributed by atoms with Gasteiger partial charge in [-0.1, -0.05) is 19.3 Å². The molecule has 0 atom stereocenters. The number of hydrogen-bond donors (Lipinski definition) is 3. The molecule has 0 spiro atoms. The van der Waals surface area contributed by atoms with Crippen molar-refractivity contribution in [3.05, 3.63) is 16.5 Å². The first-order valence-corrected chi connectivity index (χ1v) is 11.8. The molecule has 0 bridgehead atoms. The first-order valence-electron chi connectivity index (χ1n) is 11.0. The van der Waals surface area contributed by atoms with E-state index in [0.29, 0.717) is 16.6 Å². The normalized spacial score (nSPS) is 18.8. The maximum Gasteiger partial charge on any atom is 0.261 e. The quantitative estimate of drug-likeness (QED) is 0.576. The summed E-state index contributed by atoms with van der Waals surface area (Å²) in [4.78, 5) is 29.9. The Hall–Kier alpha value is -1.93. The molecule has 2 fully saturated rings. The Morgan fingerprint density at radius 2 is 1.87 bits per heavy atom. The number of amides is 2. The van der Waals surface area contributed by atoms with E-state index < -0.39 is 0 Å². The molecule has 1 aliphatic heterocycles. The predicted molar refractivity (Wildman–Crippen MR) is 123 cm³/mol. The lowest BCUT2D eigenvalue weighted by molar-refractivity contribution is -0.131. The van der Waals surface area contributed by atoms with Crippen LogP contribution >= 0.6 is 11.3 Å². The third kappa shape index (κ3) is 5.82. The fourth-order valence-electron chi connectivity index (χ4n) is 4.27. The number of hydrogen-bond acceptors (Lipinski definition) is 6. The van der Waals surface area contributed by atoms with Gasteiger partial charge in [0.25, 0.3) is 5.91 Å². The fraction of sp³-hybridized carbons (Fsp3) is 0.682. The Morgan fingerprint density at radius 3 is 2.50 bits per heavy atom. The molecule has 1 saturated carbocycles. The molecular weight excluding hydrogens is 398 g/mol. The van der Waals surface area contributed by atoms with E-state index in [1.807, 2.05) is 7.05 Å². The van der Waals surface area contributed by atoms with Gasteiger partial charge in [-0.25, -0.2) is 0 Å². The van der Waals surface area contributed by atoms with Crippen LogP contribution in [0.4, 0.5) is 5.00 Å². The SMILES string of the molecule is CC(=N)c1cc(C(=O)NCC(=O)N(C)C2CCN(C)CC2)sc1NC1CCCCC1. The van der Waals surface area contributed by atoms with E-state index in [9.17, 15) is 9.59 Å². The highest BCUT2D eigenvalue weighted by Crippen LogP contribution is 2.31. The van der Waals surface area contributed by atoms with Crippen molar-refractivity contribution >= 4 is 33.9 Å². The Balaban J connectivity index is 1.57. The topological polar surface area (TPSA) is 88.5 Å². The Morgan fingerprint density at radius 1 is 1.20 bits per heavy atom. The van der Waals surface area contributed by atoms with E-state index in [2.05, 4.69) is 22.6 Å². The lowest BCUT2D eigenvalue weighted by atomic mass is 9.95. The highest BCUT2D eigenvalue weighted by Gasteiger charge is 2.25. The fourth-order valence-corrected chi connectivity index (χ4v) is 5.38. The molecule has 7 nitrogen and oxygen atoms in total. The molecule has 8 heteroatoms. The minimum Gasteiger partial charge on any atom is -0.374 e. The summed E-state index contributed by atoms with van der Waals surface area (Å²) in [6, 6.07) is 2.43. The standard InChI is InChI=1S/C22H35N5O2S/c1-15(23)18-13-19(30-22(18)25-16-7-5-4-6-8-16)21(29)24-14-20(28)27(3)17-9-11-26(2)12-10-17/h13,16-17,23,25H,4-12,14H2,1-3H3,(H,24,29). The average Bonchev–Trinajstić information content (AvgIpc) is 3.16. The number of carbonyl (C=O) groups excluding carboxylic acids is 2. The average molecular weight is 434 g/mol. The molecule has 3 N–H and O–H groups in total. The van der Waals surface area contributed by atoms with Crippen molar-refractivity contribution in [2.45, 2.75) is 64.0 Å². The molecule has 1 aromatic heterocycles. The summed E-state index contributed by atoms with van der Waals surface area (Å²) in [5.41, 5.74) is 1.23. The van der Waals surface area contributed by atoms with Crippen molar-refractivity contribution in [1.82, 2.24) is 15.1 Å². The molecule has 3 rings (SSSR count). The van der Waals surface area contributed by atoms with Crippen molar-refractivity contribution in [1.29, 1.82) is 5.41 Å². The lowest BCUT2D eigenvalue weighted by Gasteiger charge is -2.35. The first-order chi connectivity index (χ1) is 14.3. The summed E-state index contributed by atoms with van der Waals surface area (Å²) >= 11 is 1.38. The van der Waals surface area contributed by atoms with Crippen LogP contribution in [0, 0.1) is 5.41 Å². The number of likely N-dealkylation sites (N-methyl/N-ethyl adjacent to an activating group) is 1. The van der Waals surface area contributed by atoms with E-state index in [-0.39, 0.29) is 24.4 Å². The number of anilines is 1. The van der Waals surface area contributed by atoms with Crippen LogP contribution in [0.15, 0.2) is 6.07 Å². The molecule has 166 valence electrons. The summed E-state index contributed by atoms with van der Waals surface area (Å²) in [5, 5.41) is 15.3. The number of rotatable bonds is 7. The van der Waals surface area contributed by atoms with Crippen molar-refractivity contribution in [3.63, 3.8) is 0 Å². The highest BCUT2D eigenvalue weighted by molar-refractivity contribution is 7.18. The minimum absolute atomic E-state index is 0.00383. The molecule has 0 radical (unpaired) electrons. The van der Waals surface area contributed by atoms with Crippen LogP contribution in [-0.4, -0.2) is 73.1 Å². The Kier molecular flexibility index (Phi) is 7.88. The van der Waals surface area contributed by atoms with Gasteiger partial charge in [0.05, 0.1) is 16.4 Å². The maximum absolute atomic E-state index is 12.7. The monoisotopic (exact) mass is 433 g/mol. The van der Waals surface area contributed by atoms with Crippen LogP contribution in [0.2, 0.25) is 0 Å². The van der Waals surface area contributed by atoms with Gasteiger partial charge in [-0.05, 0) is 58.8 Å². The first kappa shape index (κ1) is 22.7. The van der Waals surface area contributed by atoms with Crippen molar-refractivity contribution < 1.29 is 9.59 Å². The van der Waals surface area contributed by atoms with Crippen molar-refractivity contribution in [2.75, 3.05) is 39.0 Å². The predicted octanol–water partition coefficient (Wildman–Crippen LogP) is 3.16. The third-order valence-electron chi connectivity index (χ3n) is 6.33. The summed E-state index contributed by atoms with van der Waals surface area (Å²) in [6.45, 7) is 3.73. The molecular formula is C22H35N5O2S. The van der Waals surface area contributed by atoms with E-state index in [1.54, 1.807) is 17.9 Å². The smallest absolute Gasteiger partial charge is 0.261 e. The Bertz CT molecular complexity index is 764. The number of nitrogens with one attached hydrogen (secondary N) is 3. The van der Waals surface area contributed by atoms with Crippen molar-refractivity contribution in [2.24, 2.45) is 0 Å². The molecule has 2 amide bonds. The van der Waals surface area contributed by atoms with Crippen LogP contribution in [0.3, 0.4) is 0 Å². The third-order valence-corrected chi connectivity index (χ3v) is 7.39. The number of thiophene rings is 1. The van der Waals surface area contributed by atoms with Gasteiger partial charge in [-0.3, -0.25) is 9.59 Å². The molecule has 1 saturated heterocycles. The summed E-state index contributed by atoms with van der Waals surface area (Å²) in [6.07, 6.45) is 7.93. The zero-order valence-electron chi connectivity index (χ0n) is 18.4. The molecule has 0 unspecified atom stereocenters. The van der Waals surface area contributed by atoms with Gasteiger partial charge in [-0.15, -0.1) is 11.3 Å². The van der Waals surface area contributed by atoms with Crippen LogP contribution < -0.4 is 10.6 Å². The van der Waals surface area contributed by atoms with E-state index in [0.717, 1.165) is 49.3 Å². The highest BCUT2D eigenvalue weighted by atomic mass is 32.1. The van der Waals surface area contributed by atoms with Gasteiger partial charge in [0.15, 0.2) is 0 Å². The van der Waals surface area contributed by atoms with Crippen LogP contribution in [0.1, 0.15) is 67.1 Å². The van der Waals surface area contributed by atoms with Gasteiger partial charge in [0, 0.05) is 30.4 Å². The number of piperidine rings is 1. The van der Waals surface area contributed by atoms with E-state index in [1.165, 1.54) is 30.6 Å². The largest absolute Gasteiger partial charge is 0.374 e. The van der Waals surface area contributed by atoms with Crippen molar-refractivity contribution in [3.8, 4) is 0 Å². The van der Waals surface area contributed by atoms with Gasteiger partial charge >= 0.3 is 0 Å². The second-order valence-electron chi connectivity index (χ2n) is 8.68. The second-order valence-corrected chi connectivity index (χ2v) is 9.73. The zero-order valence-corrected chi connectivity index (χ0v) is 19.2. The summed E-state index contributed by atoms with van der Waals surface area (Å²) in [7, 11) is 3.93. The molecule has 30 heavy (non-hydrogen) atoms. The molecule has 2 aliphatic rings. The van der Waals surface area contributed by atoms with E-state index >= 15 is 0 Å². The zero-order chi connectivity index (χ0) is 21.7. The summed E-state index contributed by atoms with van der Waals surface area (Å²) < 4.78 is 0. The maximum atomic E-state index is 12.7. The van der Waals surface area contributed by atoms with Crippen LogP contribution in [-0.2, 0) is 4.79 Å². The van der Waals surface area contributed by atoms with Gasteiger partial charge in [0.2, 0.25) is 5.91 Å². The van der Waals surface area contributed by atoms with E-state index in [4.69, 9.17) is 5.41 Å². The molecule has 0 aromatic carbocycles. The number of nitrogens with zero attached hydrogens (tertiary/aromatic N) is 2. The minimum atomic E-state index is -0.246. The Labute approximate surface area is 183 Å². The second kappa shape index (κ2) is 10.4. The van der Waals surface area contributed by atoms with Gasteiger partial charge < -0.3 is 25.8 Å². The summed E-state index contributed by atoms with van der Waals surface area (Å²) in [5.74, 6) is -0.303. The van der Waals surface area contributed by atoms with Gasteiger partial charge in [-0.2, -0.15) is 0 Å². The molecule has 2 heterocycles. The number of carbonyl (C=O) groups is 2. The number of likely N-dealkylation sites (tertiary alicyclic amines) is 1.